The van der Waals surface area contributed by atoms with E-state index in [0.717, 1.165) is 32.4 Å². The zero-order valence-electron chi connectivity index (χ0n) is 14.7. The van der Waals surface area contributed by atoms with Gasteiger partial charge in [0.2, 0.25) is 5.91 Å². The Morgan fingerprint density at radius 3 is 2.62 bits per heavy atom. The van der Waals surface area contributed by atoms with Crippen molar-refractivity contribution >= 4 is 23.2 Å². The zero-order valence-corrected chi connectivity index (χ0v) is 15.5. The molecular weight excluding hydrogens is 348 g/mol. The maximum absolute atomic E-state index is 12.3. The number of piperidine rings is 1. The van der Waals surface area contributed by atoms with Crippen molar-refractivity contribution in [1.82, 2.24) is 15.2 Å². The van der Waals surface area contributed by atoms with Crippen LogP contribution in [0.15, 0.2) is 35.7 Å². The monoisotopic (exact) mass is 372 g/mol. The van der Waals surface area contributed by atoms with Crippen LogP contribution in [0, 0.1) is 5.92 Å². The van der Waals surface area contributed by atoms with E-state index in [2.05, 4.69) is 34.6 Å². The van der Waals surface area contributed by atoms with Crippen molar-refractivity contribution in [2.45, 2.75) is 25.8 Å². The van der Waals surface area contributed by atoms with Crippen molar-refractivity contribution in [3.8, 4) is 0 Å². The maximum atomic E-state index is 12.3. The van der Waals surface area contributed by atoms with Crippen LogP contribution in [-0.2, 0) is 17.8 Å². The number of benzene rings is 1. The summed E-state index contributed by atoms with van der Waals surface area (Å²) in [5.74, 6) is 0.250. The fourth-order valence-electron chi connectivity index (χ4n) is 3.20. The van der Waals surface area contributed by atoms with E-state index in [4.69, 9.17) is 5.73 Å². The lowest BCUT2D eigenvalue weighted by molar-refractivity contribution is -0.131. The van der Waals surface area contributed by atoms with Crippen LogP contribution in [0.4, 0.5) is 0 Å². The summed E-state index contributed by atoms with van der Waals surface area (Å²) < 4.78 is 0. The topological polar surface area (TPSA) is 88.3 Å². The highest BCUT2D eigenvalue weighted by Gasteiger charge is 2.23. The molecule has 6 nitrogen and oxygen atoms in total. The lowest BCUT2D eigenvalue weighted by atomic mass is 9.90. The van der Waals surface area contributed by atoms with E-state index in [1.165, 1.54) is 16.9 Å². The maximum Gasteiger partial charge on any atom is 0.271 e. The number of aromatic nitrogens is 1. The molecule has 1 aliphatic rings. The highest BCUT2D eigenvalue weighted by atomic mass is 32.1. The van der Waals surface area contributed by atoms with Gasteiger partial charge in [-0.05, 0) is 30.7 Å². The van der Waals surface area contributed by atoms with E-state index in [1.54, 1.807) is 5.38 Å². The van der Waals surface area contributed by atoms with E-state index in [1.807, 2.05) is 11.0 Å². The number of nitrogens with zero attached hydrogens (tertiary/aromatic N) is 2. The van der Waals surface area contributed by atoms with Crippen LogP contribution in [0.2, 0.25) is 0 Å². The van der Waals surface area contributed by atoms with Gasteiger partial charge in [0.15, 0.2) is 0 Å². The molecule has 0 aliphatic carbocycles. The van der Waals surface area contributed by atoms with Gasteiger partial charge >= 0.3 is 0 Å². The molecule has 26 heavy (non-hydrogen) atoms. The summed E-state index contributed by atoms with van der Waals surface area (Å²) in [6.07, 6.45) is 3.06. The molecule has 2 aromatic rings. The van der Waals surface area contributed by atoms with Crippen LogP contribution >= 0.6 is 11.3 Å². The predicted octanol–water partition coefficient (Wildman–Crippen LogP) is 1.81. The van der Waals surface area contributed by atoms with E-state index in [-0.39, 0.29) is 18.4 Å². The van der Waals surface area contributed by atoms with Crippen molar-refractivity contribution in [2.75, 3.05) is 19.6 Å². The first-order valence-corrected chi connectivity index (χ1v) is 9.78. The molecule has 1 saturated heterocycles. The third kappa shape index (κ3) is 4.89. The minimum absolute atomic E-state index is 0.0116. The Bertz CT molecular complexity index is 739. The Kier molecular flexibility index (Phi) is 6.35. The molecule has 0 bridgehead atoms. The third-order valence-electron chi connectivity index (χ3n) is 4.69. The fraction of sp³-hybridized carbons (Fsp3) is 0.421. The third-order valence-corrected chi connectivity index (χ3v) is 5.56. The summed E-state index contributed by atoms with van der Waals surface area (Å²) in [4.78, 5) is 30.3. The molecule has 2 amide bonds. The van der Waals surface area contributed by atoms with Crippen LogP contribution in [0.25, 0.3) is 0 Å². The van der Waals surface area contributed by atoms with Gasteiger partial charge in [-0.1, -0.05) is 30.3 Å². The number of carbonyl (C=O) groups excluding carboxylic acids is 2. The number of thiazole rings is 1. The van der Waals surface area contributed by atoms with Gasteiger partial charge in [-0.2, -0.15) is 0 Å². The van der Waals surface area contributed by atoms with Gasteiger partial charge in [-0.3, -0.25) is 9.59 Å². The summed E-state index contributed by atoms with van der Waals surface area (Å²) in [6, 6.07) is 10.5. The molecule has 7 heteroatoms. The van der Waals surface area contributed by atoms with Crippen LogP contribution < -0.4 is 11.1 Å². The fourth-order valence-corrected chi connectivity index (χ4v) is 3.86. The first kappa shape index (κ1) is 18.5. The molecule has 0 unspecified atom stereocenters. The van der Waals surface area contributed by atoms with Gasteiger partial charge in [-0.15, -0.1) is 11.3 Å². The van der Waals surface area contributed by atoms with Crippen molar-refractivity contribution in [3.63, 3.8) is 0 Å². The lowest BCUT2D eigenvalue weighted by Crippen LogP contribution is -2.44. The minimum atomic E-state index is -0.326. The standard InChI is InChI=1S/C19H24N4O2S/c20-11-17-22-16(13-26-17)19(25)21-12-18(24)23-8-6-15(7-9-23)10-14-4-2-1-3-5-14/h1-5,13,15H,6-12,20H2,(H,21,25). The van der Waals surface area contributed by atoms with Gasteiger partial charge < -0.3 is 16.0 Å². The molecule has 0 radical (unpaired) electrons. The molecule has 1 fully saturated rings. The number of amides is 2. The van der Waals surface area contributed by atoms with Gasteiger partial charge in [0.25, 0.3) is 5.91 Å². The van der Waals surface area contributed by atoms with E-state index in [0.29, 0.717) is 23.2 Å². The van der Waals surface area contributed by atoms with Gasteiger partial charge in [0.05, 0.1) is 6.54 Å². The van der Waals surface area contributed by atoms with Crippen LogP contribution in [0.5, 0.6) is 0 Å². The van der Waals surface area contributed by atoms with Gasteiger partial charge in [0, 0.05) is 25.0 Å². The molecule has 0 spiro atoms. The molecule has 0 saturated carbocycles. The summed E-state index contributed by atoms with van der Waals surface area (Å²) in [5, 5.41) is 5.03. The number of rotatable bonds is 6. The number of nitrogens with two attached hydrogens (primary N) is 1. The molecule has 2 heterocycles. The van der Waals surface area contributed by atoms with Crippen molar-refractivity contribution in [1.29, 1.82) is 0 Å². The number of hydrogen-bond donors (Lipinski definition) is 2. The van der Waals surface area contributed by atoms with Crippen molar-refractivity contribution < 1.29 is 9.59 Å². The molecule has 1 aromatic carbocycles. The summed E-state index contributed by atoms with van der Waals surface area (Å²) >= 11 is 1.35. The van der Waals surface area contributed by atoms with Gasteiger partial charge in [0.1, 0.15) is 10.7 Å². The number of likely N-dealkylation sites (tertiary alicyclic amines) is 1. The number of nitrogens with one attached hydrogen (secondary N) is 1. The second-order valence-electron chi connectivity index (χ2n) is 6.53. The SMILES string of the molecule is NCc1nc(C(=O)NCC(=O)N2CCC(Cc3ccccc3)CC2)cs1. The van der Waals surface area contributed by atoms with Crippen molar-refractivity contribution in [2.24, 2.45) is 11.7 Å². The molecule has 0 atom stereocenters. The second kappa shape index (κ2) is 8.91. The molecular formula is C19H24N4O2S. The zero-order chi connectivity index (χ0) is 18.4. The van der Waals surface area contributed by atoms with E-state index >= 15 is 0 Å². The summed E-state index contributed by atoms with van der Waals surface area (Å²) in [7, 11) is 0. The number of carbonyl (C=O) groups is 2. The quantitative estimate of drug-likeness (QED) is 0.809. The normalized spacial score (nSPS) is 15.0. The Morgan fingerprint density at radius 1 is 1.23 bits per heavy atom. The molecule has 3 rings (SSSR count). The highest BCUT2D eigenvalue weighted by Crippen LogP contribution is 2.21. The van der Waals surface area contributed by atoms with Crippen LogP contribution in [-0.4, -0.2) is 41.3 Å². The Morgan fingerprint density at radius 2 is 1.96 bits per heavy atom. The largest absolute Gasteiger partial charge is 0.342 e. The van der Waals surface area contributed by atoms with Gasteiger partial charge in [-0.25, -0.2) is 4.98 Å². The Hall–Kier alpha value is -2.25. The van der Waals surface area contributed by atoms with Crippen LogP contribution in [0.3, 0.4) is 0 Å². The number of hydrogen-bond acceptors (Lipinski definition) is 5. The highest BCUT2D eigenvalue weighted by molar-refractivity contribution is 7.09. The smallest absolute Gasteiger partial charge is 0.271 e. The average Bonchev–Trinajstić information content (AvgIpc) is 3.17. The second-order valence-corrected chi connectivity index (χ2v) is 7.47. The average molecular weight is 372 g/mol. The molecule has 138 valence electrons. The van der Waals surface area contributed by atoms with Crippen LogP contribution in [0.1, 0.15) is 33.9 Å². The summed E-state index contributed by atoms with van der Waals surface area (Å²) in [5.41, 5.74) is 7.17. The minimum Gasteiger partial charge on any atom is -0.342 e. The Balaban J connectivity index is 1.41. The first-order chi connectivity index (χ1) is 12.7. The molecule has 1 aromatic heterocycles. The lowest BCUT2D eigenvalue weighted by Gasteiger charge is -2.32. The first-order valence-electron chi connectivity index (χ1n) is 8.90. The van der Waals surface area contributed by atoms with E-state index in [9.17, 15) is 9.59 Å². The predicted molar refractivity (Wildman–Crippen MR) is 102 cm³/mol. The molecule has 3 N–H and O–H groups in total. The molecule has 1 aliphatic heterocycles. The van der Waals surface area contributed by atoms with Crippen molar-refractivity contribution in [3.05, 3.63) is 52.0 Å². The summed E-state index contributed by atoms with van der Waals surface area (Å²) in [6.45, 7) is 1.83. The Labute approximate surface area is 157 Å². The van der Waals surface area contributed by atoms with E-state index < -0.39 is 0 Å².